The second-order valence-electron chi connectivity index (χ2n) is 6.01. The lowest BCUT2D eigenvalue weighted by Gasteiger charge is -2.26. The summed E-state index contributed by atoms with van der Waals surface area (Å²) in [7, 11) is 0. The van der Waals surface area contributed by atoms with E-state index in [9.17, 15) is 4.79 Å². The van der Waals surface area contributed by atoms with Gasteiger partial charge in [0, 0.05) is 26.4 Å². The van der Waals surface area contributed by atoms with E-state index in [-0.39, 0.29) is 24.2 Å². The first-order valence-corrected chi connectivity index (χ1v) is 8.48. The fraction of sp³-hybridized carbons (Fsp3) is 0.611. The van der Waals surface area contributed by atoms with E-state index in [0.717, 1.165) is 37.0 Å². The first kappa shape index (κ1) is 20.9. The Labute approximate surface area is 150 Å². The van der Waals surface area contributed by atoms with E-state index in [1.807, 2.05) is 24.3 Å². The topological polar surface area (TPSA) is 73.6 Å². The quantitative estimate of drug-likeness (QED) is 0.701. The second kappa shape index (κ2) is 11.4. The third-order valence-corrected chi connectivity index (χ3v) is 4.25. The number of amides is 1. The predicted molar refractivity (Wildman–Crippen MR) is 97.0 cm³/mol. The van der Waals surface area contributed by atoms with Gasteiger partial charge in [-0.25, -0.2) is 0 Å². The lowest BCUT2D eigenvalue weighted by Crippen LogP contribution is -2.46. The zero-order chi connectivity index (χ0) is 16.5. The Balaban J connectivity index is 0.00000288. The molecule has 0 saturated carbocycles. The number of hydrogen-bond donors (Lipinski definition) is 2. The lowest BCUT2D eigenvalue weighted by atomic mass is 9.92. The molecule has 5 nitrogen and oxygen atoms in total. The number of nitrogens with two attached hydrogens (primary N) is 1. The summed E-state index contributed by atoms with van der Waals surface area (Å²) >= 11 is 0. The van der Waals surface area contributed by atoms with Gasteiger partial charge in [0.15, 0.2) is 0 Å². The molecule has 1 fully saturated rings. The van der Waals surface area contributed by atoms with Crippen molar-refractivity contribution in [2.45, 2.75) is 45.4 Å². The Hall–Kier alpha value is -1.14. The van der Waals surface area contributed by atoms with Crippen molar-refractivity contribution in [2.24, 2.45) is 11.7 Å². The molecule has 0 bridgehead atoms. The molecule has 1 aromatic carbocycles. The number of carbonyl (C=O) groups excluding carboxylic acids is 1. The van der Waals surface area contributed by atoms with Gasteiger partial charge in [0.25, 0.3) is 0 Å². The molecular formula is C18H29ClN2O3. The average molecular weight is 357 g/mol. The molecule has 1 amide bonds. The molecule has 0 radical (unpaired) electrons. The molecular weight excluding hydrogens is 328 g/mol. The summed E-state index contributed by atoms with van der Waals surface area (Å²) in [6.07, 6.45) is 2.71. The van der Waals surface area contributed by atoms with Gasteiger partial charge in [0.05, 0.1) is 12.6 Å². The molecule has 0 aliphatic carbocycles. The Bertz CT molecular complexity index is 493. The number of benzene rings is 1. The average Bonchev–Trinajstić information content (AvgIpc) is 2.61. The number of halogens is 1. The van der Waals surface area contributed by atoms with Gasteiger partial charge < -0.3 is 20.5 Å². The summed E-state index contributed by atoms with van der Waals surface area (Å²) in [6.45, 7) is 5.29. The monoisotopic (exact) mass is 356 g/mol. The molecule has 1 saturated heterocycles. The molecule has 2 rings (SSSR count). The maximum absolute atomic E-state index is 12.3. The van der Waals surface area contributed by atoms with Gasteiger partial charge in [-0.1, -0.05) is 31.2 Å². The van der Waals surface area contributed by atoms with Crippen LogP contribution in [-0.4, -0.2) is 31.8 Å². The minimum atomic E-state index is -0.456. The molecule has 136 valence electrons. The Kier molecular flexibility index (Phi) is 9.95. The molecule has 24 heavy (non-hydrogen) atoms. The van der Waals surface area contributed by atoms with Crippen molar-refractivity contribution in [1.82, 2.24) is 5.32 Å². The van der Waals surface area contributed by atoms with Crippen molar-refractivity contribution >= 4 is 18.3 Å². The smallest absolute Gasteiger partial charge is 0.237 e. The summed E-state index contributed by atoms with van der Waals surface area (Å²) in [4.78, 5) is 12.3. The molecule has 1 heterocycles. The summed E-state index contributed by atoms with van der Waals surface area (Å²) in [5.74, 6) is 0.132. The standard InChI is InChI=1S/C18H28N2O3.ClH/c1-2-9-23-13-16-6-4-3-5-15(16)12-20-18(21)17(19)14-7-10-22-11-8-14;/h3-6,14,17H,2,7-13,19H2,1H3,(H,20,21);1H. The summed E-state index contributed by atoms with van der Waals surface area (Å²) in [5, 5.41) is 2.97. The first-order chi connectivity index (χ1) is 11.2. The van der Waals surface area contributed by atoms with Crippen LogP contribution in [0.4, 0.5) is 0 Å². The summed E-state index contributed by atoms with van der Waals surface area (Å²) in [5.41, 5.74) is 8.29. The highest BCUT2D eigenvalue weighted by Crippen LogP contribution is 2.18. The van der Waals surface area contributed by atoms with Crippen LogP contribution in [-0.2, 0) is 27.4 Å². The van der Waals surface area contributed by atoms with E-state index in [2.05, 4.69) is 12.2 Å². The van der Waals surface area contributed by atoms with Gasteiger partial charge >= 0.3 is 0 Å². The fourth-order valence-corrected chi connectivity index (χ4v) is 2.79. The molecule has 1 aliphatic rings. The lowest BCUT2D eigenvalue weighted by molar-refractivity contribution is -0.124. The third kappa shape index (κ3) is 6.40. The highest BCUT2D eigenvalue weighted by atomic mass is 35.5. The van der Waals surface area contributed by atoms with Gasteiger partial charge in [0.1, 0.15) is 0 Å². The van der Waals surface area contributed by atoms with Gasteiger partial charge in [-0.2, -0.15) is 0 Å². The van der Waals surface area contributed by atoms with Crippen LogP contribution in [0, 0.1) is 5.92 Å². The van der Waals surface area contributed by atoms with Crippen LogP contribution in [0.5, 0.6) is 0 Å². The van der Waals surface area contributed by atoms with Crippen LogP contribution in [0.2, 0.25) is 0 Å². The SMILES string of the molecule is CCCOCc1ccccc1CNC(=O)C(N)C1CCOCC1.Cl. The molecule has 0 aromatic heterocycles. The van der Waals surface area contributed by atoms with Gasteiger partial charge in [-0.15, -0.1) is 12.4 Å². The molecule has 1 aliphatic heterocycles. The van der Waals surface area contributed by atoms with Crippen molar-refractivity contribution < 1.29 is 14.3 Å². The van der Waals surface area contributed by atoms with Crippen LogP contribution in [0.25, 0.3) is 0 Å². The molecule has 3 N–H and O–H groups in total. The predicted octanol–water partition coefficient (Wildman–Crippen LogP) is 2.41. The molecule has 0 spiro atoms. The number of nitrogens with one attached hydrogen (secondary N) is 1. The molecule has 1 unspecified atom stereocenters. The minimum Gasteiger partial charge on any atom is -0.381 e. The van der Waals surface area contributed by atoms with Crippen LogP contribution >= 0.6 is 12.4 Å². The van der Waals surface area contributed by atoms with E-state index in [0.29, 0.717) is 26.4 Å². The van der Waals surface area contributed by atoms with Gasteiger partial charge in [-0.05, 0) is 36.3 Å². The number of carbonyl (C=O) groups is 1. The zero-order valence-electron chi connectivity index (χ0n) is 14.3. The van der Waals surface area contributed by atoms with Crippen molar-refractivity contribution in [2.75, 3.05) is 19.8 Å². The second-order valence-corrected chi connectivity index (χ2v) is 6.01. The van der Waals surface area contributed by atoms with Crippen molar-refractivity contribution in [3.8, 4) is 0 Å². The van der Waals surface area contributed by atoms with E-state index < -0.39 is 6.04 Å². The van der Waals surface area contributed by atoms with Crippen LogP contribution in [0.1, 0.15) is 37.3 Å². The van der Waals surface area contributed by atoms with Gasteiger partial charge in [-0.3, -0.25) is 4.79 Å². The van der Waals surface area contributed by atoms with Crippen LogP contribution in [0.3, 0.4) is 0 Å². The largest absolute Gasteiger partial charge is 0.381 e. The number of rotatable bonds is 8. The van der Waals surface area contributed by atoms with Crippen molar-refractivity contribution in [3.05, 3.63) is 35.4 Å². The van der Waals surface area contributed by atoms with Crippen molar-refractivity contribution in [1.29, 1.82) is 0 Å². The minimum absolute atomic E-state index is 0. The summed E-state index contributed by atoms with van der Waals surface area (Å²) in [6, 6.07) is 7.57. The van der Waals surface area contributed by atoms with Gasteiger partial charge in [0.2, 0.25) is 5.91 Å². The Morgan fingerprint density at radius 3 is 2.67 bits per heavy atom. The van der Waals surface area contributed by atoms with Crippen LogP contribution < -0.4 is 11.1 Å². The zero-order valence-corrected chi connectivity index (χ0v) is 15.1. The molecule has 6 heteroatoms. The van der Waals surface area contributed by atoms with E-state index in [1.165, 1.54) is 0 Å². The molecule has 1 atom stereocenters. The fourth-order valence-electron chi connectivity index (χ4n) is 2.79. The first-order valence-electron chi connectivity index (χ1n) is 8.48. The maximum atomic E-state index is 12.3. The highest BCUT2D eigenvalue weighted by molar-refractivity contribution is 5.85. The summed E-state index contributed by atoms with van der Waals surface area (Å²) < 4.78 is 10.9. The number of hydrogen-bond acceptors (Lipinski definition) is 4. The van der Waals surface area contributed by atoms with Crippen LogP contribution in [0.15, 0.2) is 24.3 Å². The van der Waals surface area contributed by atoms with E-state index >= 15 is 0 Å². The van der Waals surface area contributed by atoms with Crippen molar-refractivity contribution in [3.63, 3.8) is 0 Å². The maximum Gasteiger partial charge on any atom is 0.237 e. The Morgan fingerprint density at radius 2 is 2.00 bits per heavy atom. The number of ether oxygens (including phenoxy) is 2. The van der Waals surface area contributed by atoms with E-state index in [1.54, 1.807) is 0 Å². The molecule has 1 aromatic rings. The Morgan fingerprint density at radius 1 is 1.33 bits per heavy atom. The normalized spacial score (nSPS) is 16.2. The third-order valence-electron chi connectivity index (χ3n) is 4.25. The van der Waals surface area contributed by atoms with E-state index in [4.69, 9.17) is 15.2 Å². The highest BCUT2D eigenvalue weighted by Gasteiger charge is 2.26.